The predicted octanol–water partition coefficient (Wildman–Crippen LogP) is 5.71. The molecule has 0 saturated heterocycles. The van der Waals surface area contributed by atoms with E-state index in [-0.39, 0.29) is 17.8 Å². The van der Waals surface area contributed by atoms with Crippen LogP contribution in [0, 0.1) is 11.8 Å². The maximum absolute atomic E-state index is 11.4. The van der Waals surface area contributed by atoms with Crippen molar-refractivity contribution in [3.8, 4) is 0 Å². The summed E-state index contributed by atoms with van der Waals surface area (Å²) in [7, 11) is 1.36. The van der Waals surface area contributed by atoms with E-state index in [1.54, 1.807) is 6.08 Å². The van der Waals surface area contributed by atoms with Crippen LogP contribution < -0.4 is 0 Å². The van der Waals surface area contributed by atoms with Gasteiger partial charge in [-0.1, -0.05) is 88.4 Å². The quantitative estimate of drug-likeness (QED) is 0.503. The number of carbonyl (C=O) groups is 2. The zero-order valence-corrected chi connectivity index (χ0v) is 17.8. The van der Waals surface area contributed by atoms with Crippen molar-refractivity contribution < 1.29 is 19.4 Å². The fourth-order valence-corrected chi connectivity index (χ4v) is 2.89. The van der Waals surface area contributed by atoms with Gasteiger partial charge < -0.3 is 9.84 Å². The number of hydrogen-bond donors (Lipinski definition) is 1. The van der Waals surface area contributed by atoms with Crippen molar-refractivity contribution in [2.75, 3.05) is 7.11 Å². The molecule has 0 spiro atoms. The summed E-state index contributed by atoms with van der Waals surface area (Å²) in [6.07, 6.45) is 3.11. The first-order valence-corrected chi connectivity index (χ1v) is 9.61. The number of carboxylic acids is 1. The van der Waals surface area contributed by atoms with Crippen LogP contribution in [0.25, 0.3) is 11.6 Å². The molecule has 0 fully saturated rings. The van der Waals surface area contributed by atoms with Crippen molar-refractivity contribution in [1.29, 1.82) is 0 Å². The number of carboxylic acid groups (broad SMARTS) is 1. The van der Waals surface area contributed by atoms with Gasteiger partial charge in [0.1, 0.15) is 0 Å². The molecule has 0 saturated carbocycles. The van der Waals surface area contributed by atoms with Gasteiger partial charge in [-0.15, -0.1) is 0 Å². The van der Waals surface area contributed by atoms with Gasteiger partial charge >= 0.3 is 11.9 Å². The van der Waals surface area contributed by atoms with Gasteiger partial charge in [-0.3, -0.25) is 0 Å². The summed E-state index contributed by atoms with van der Waals surface area (Å²) in [6.45, 7) is 7.92. The SMILES string of the molecule is CC(C)C(C(=O)O)=C(c1ccccc1)C(C)C.COC(=O)C=Cc1ccccc1. The lowest BCUT2D eigenvalue weighted by Gasteiger charge is -2.18. The first-order chi connectivity index (χ1) is 13.8. The first-order valence-electron chi connectivity index (χ1n) is 9.61. The predicted molar refractivity (Wildman–Crippen MR) is 118 cm³/mol. The number of rotatable bonds is 6. The van der Waals surface area contributed by atoms with Crippen molar-refractivity contribution in [2.24, 2.45) is 11.8 Å². The van der Waals surface area contributed by atoms with Crippen molar-refractivity contribution in [3.05, 3.63) is 83.4 Å². The fourth-order valence-electron chi connectivity index (χ4n) is 2.89. The molecule has 29 heavy (non-hydrogen) atoms. The topological polar surface area (TPSA) is 63.6 Å². The number of benzene rings is 2. The van der Waals surface area contributed by atoms with Crippen molar-refractivity contribution in [2.45, 2.75) is 27.7 Å². The summed E-state index contributed by atoms with van der Waals surface area (Å²) in [5, 5.41) is 9.37. The average molecular weight is 395 g/mol. The van der Waals surface area contributed by atoms with Gasteiger partial charge in [-0.2, -0.15) is 0 Å². The van der Waals surface area contributed by atoms with E-state index in [1.165, 1.54) is 13.2 Å². The third kappa shape index (κ3) is 8.18. The molecule has 0 bridgehead atoms. The summed E-state index contributed by atoms with van der Waals surface area (Å²) < 4.78 is 4.45. The second-order valence-corrected chi connectivity index (χ2v) is 7.08. The third-order valence-corrected chi connectivity index (χ3v) is 4.17. The van der Waals surface area contributed by atoms with E-state index in [0.717, 1.165) is 16.7 Å². The maximum Gasteiger partial charge on any atom is 0.332 e. The Morgan fingerprint density at radius 3 is 1.79 bits per heavy atom. The minimum atomic E-state index is -0.812. The molecule has 0 aliphatic rings. The summed E-state index contributed by atoms with van der Waals surface area (Å²) in [4.78, 5) is 22.1. The largest absolute Gasteiger partial charge is 0.478 e. The van der Waals surface area contributed by atoms with Crippen LogP contribution in [0.15, 0.2) is 72.3 Å². The Bertz CT molecular complexity index is 832. The highest BCUT2D eigenvalue weighted by molar-refractivity contribution is 5.97. The zero-order valence-electron chi connectivity index (χ0n) is 17.8. The highest BCUT2D eigenvalue weighted by Crippen LogP contribution is 2.30. The molecule has 4 nitrogen and oxygen atoms in total. The summed E-state index contributed by atoms with van der Waals surface area (Å²) in [5.41, 5.74) is 3.45. The highest BCUT2D eigenvalue weighted by atomic mass is 16.5. The Morgan fingerprint density at radius 1 is 0.862 bits per heavy atom. The standard InChI is InChI=1S/C15H20O2.C10H10O2/c1-10(2)13(12-8-6-5-7-9-12)14(11(3)4)15(16)17;1-12-10(11)8-7-9-5-3-2-4-6-9/h5-11H,1-4H3,(H,16,17);2-8H,1H3. The highest BCUT2D eigenvalue weighted by Gasteiger charge is 2.21. The molecular formula is C25H30O4. The summed E-state index contributed by atoms with van der Waals surface area (Å²) >= 11 is 0. The minimum absolute atomic E-state index is 0.0186. The van der Waals surface area contributed by atoms with Crippen LogP contribution in [0.2, 0.25) is 0 Å². The number of esters is 1. The van der Waals surface area contributed by atoms with E-state index in [0.29, 0.717) is 5.57 Å². The third-order valence-electron chi connectivity index (χ3n) is 4.17. The Hall–Kier alpha value is -3.14. The van der Waals surface area contributed by atoms with E-state index >= 15 is 0 Å². The van der Waals surface area contributed by atoms with Crippen LogP contribution in [0.4, 0.5) is 0 Å². The van der Waals surface area contributed by atoms with Crippen LogP contribution in [0.1, 0.15) is 38.8 Å². The molecule has 0 unspecified atom stereocenters. The van der Waals surface area contributed by atoms with E-state index < -0.39 is 5.97 Å². The van der Waals surface area contributed by atoms with Gasteiger partial charge in [0.2, 0.25) is 0 Å². The van der Waals surface area contributed by atoms with E-state index in [1.807, 2.05) is 88.4 Å². The minimum Gasteiger partial charge on any atom is -0.478 e. The number of carbonyl (C=O) groups excluding carboxylic acids is 1. The van der Waals surface area contributed by atoms with E-state index in [9.17, 15) is 14.7 Å². The maximum atomic E-state index is 11.4. The lowest BCUT2D eigenvalue weighted by Crippen LogP contribution is -2.13. The second kappa shape index (κ2) is 12.3. The molecular weight excluding hydrogens is 364 g/mol. The molecule has 0 aromatic heterocycles. The molecule has 0 aliphatic carbocycles. The van der Waals surface area contributed by atoms with Crippen molar-refractivity contribution in [3.63, 3.8) is 0 Å². The average Bonchev–Trinajstić information content (AvgIpc) is 2.71. The molecule has 4 heteroatoms. The lowest BCUT2D eigenvalue weighted by molar-refractivity contribution is -0.135. The van der Waals surface area contributed by atoms with E-state index in [2.05, 4.69) is 4.74 Å². The summed E-state index contributed by atoms with van der Waals surface area (Å²) in [5.74, 6) is -0.928. The van der Waals surface area contributed by atoms with E-state index in [4.69, 9.17) is 0 Å². The number of allylic oxidation sites excluding steroid dienone is 1. The van der Waals surface area contributed by atoms with Crippen LogP contribution in [0.5, 0.6) is 0 Å². The van der Waals surface area contributed by atoms with Gasteiger partial charge in [-0.05, 0) is 34.6 Å². The second-order valence-electron chi connectivity index (χ2n) is 7.08. The van der Waals surface area contributed by atoms with Gasteiger partial charge in [0, 0.05) is 11.6 Å². The molecule has 2 aromatic carbocycles. The molecule has 2 rings (SSSR count). The van der Waals surface area contributed by atoms with Crippen LogP contribution >= 0.6 is 0 Å². The number of ether oxygens (including phenoxy) is 1. The molecule has 0 amide bonds. The Labute approximate surface area is 173 Å². The van der Waals surface area contributed by atoms with Gasteiger partial charge in [0.05, 0.1) is 7.11 Å². The van der Waals surface area contributed by atoms with Gasteiger partial charge in [-0.25, -0.2) is 9.59 Å². The molecule has 0 atom stereocenters. The number of methoxy groups -OCH3 is 1. The van der Waals surface area contributed by atoms with Crippen LogP contribution in [-0.2, 0) is 14.3 Å². The number of hydrogen-bond acceptors (Lipinski definition) is 3. The molecule has 154 valence electrons. The Balaban J connectivity index is 0.000000308. The van der Waals surface area contributed by atoms with Crippen LogP contribution in [0.3, 0.4) is 0 Å². The molecule has 0 radical (unpaired) electrons. The Kier molecular flexibility index (Phi) is 10.2. The number of aliphatic carboxylic acids is 1. The monoisotopic (exact) mass is 394 g/mol. The Morgan fingerprint density at radius 2 is 1.38 bits per heavy atom. The molecule has 2 aromatic rings. The smallest absolute Gasteiger partial charge is 0.332 e. The molecule has 0 heterocycles. The zero-order chi connectivity index (χ0) is 21.8. The van der Waals surface area contributed by atoms with Gasteiger partial charge in [0.25, 0.3) is 0 Å². The van der Waals surface area contributed by atoms with Crippen LogP contribution in [-0.4, -0.2) is 24.2 Å². The molecule has 0 aliphatic heterocycles. The molecule has 1 N–H and O–H groups in total. The summed E-state index contributed by atoms with van der Waals surface area (Å²) in [6, 6.07) is 19.4. The first kappa shape index (κ1) is 23.9. The van der Waals surface area contributed by atoms with Crippen molar-refractivity contribution in [1.82, 2.24) is 0 Å². The van der Waals surface area contributed by atoms with Gasteiger partial charge in [0.15, 0.2) is 0 Å². The van der Waals surface area contributed by atoms with Crippen molar-refractivity contribution >= 4 is 23.6 Å². The fraction of sp³-hybridized carbons (Fsp3) is 0.280. The normalized spacial score (nSPS) is 11.7. The lowest BCUT2D eigenvalue weighted by atomic mass is 9.86.